The molecule has 0 saturated carbocycles. The van der Waals surface area contributed by atoms with Gasteiger partial charge in [-0.3, -0.25) is 9.88 Å². The predicted molar refractivity (Wildman–Crippen MR) is 139 cm³/mol. The normalized spacial score (nSPS) is 17.4. The van der Waals surface area contributed by atoms with Gasteiger partial charge in [-0.25, -0.2) is 18.7 Å². The molecular formula is C27H25Cl2F2N5O2. The van der Waals surface area contributed by atoms with Crippen LogP contribution in [0.15, 0.2) is 30.5 Å². The van der Waals surface area contributed by atoms with Gasteiger partial charge in [-0.2, -0.15) is 0 Å². The molecule has 1 saturated heterocycles. The molecule has 0 radical (unpaired) electrons. The number of rotatable bonds is 7. The molecule has 7 nitrogen and oxygen atoms in total. The number of hydrogen-bond donors (Lipinski definition) is 0. The molecule has 0 aliphatic carbocycles. The van der Waals surface area contributed by atoms with Crippen LogP contribution in [0, 0.1) is 18.6 Å². The fourth-order valence-corrected chi connectivity index (χ4v) is 5.31. The Bertz CT molecular complexity index is 1500. The van der Waals surface area contributed by atoms with Crippen molar-refractivity contribution >= 4 is 34.2 Å². The smallest absolute Gasteiger partial charge is 0.233 e. The molecule has 0 amide bonds. The number of halogens is 4. The summed E-state index contributed by atoms with van der Waals surface area (Å²) in [4.78, 5) is 16.3. The third kappa shape index (κ3) is 5.08. The third-order valence-corrected chi connectivity index (χ3v) is 7.53. The van der Waals surface area contributed by atoms with Crippen LogP contribution >= 0.6 is 23.2 Å². The highest BCUT2D eigenvalue weighted by Crippen LogP contribution is 2.31. The summed E-state index contributed by atoms with van der Waals surface area (Å²) < 4.78 is 42.0. The van der Waals surface area contributed by atoms with Crippen LogP contribution in [0.4, 0.5) is 8.78 Å². The quantitative estimate of drug-likeness (QED) is 0.291. The van der Waals surface area contributed by atoms with Gasteiger partial charge in [-0.1, -0.05) is 23.2 Å². The van der Waals surface area contributed by atoms with Crippen LogP contribution in [0.1, 0.15) is 34.8 Å². The van der Waals surface area contributed by atoms with Gasteiger partial charge in [-0.05, 0) is 49.6 Å². The zero-order valence-electron chi connectivity index (χ0n) is 20.7. The molecule has 1 fully saturated rings. The van der Waals surface area contributed by atoms with E-state index in [0.29, 0.717) is 18.1 Å². The van der Waals surface area contributed by atoms with E-state index in [2.05, 4.69) is 19.4 Å². The summed E-state index contributed by atoms with van der Waals surface area (Å²) in [5.74, 6) is -0.478. The van der Waals surface area contributed by atoms with Gasteiger partial charge in [0.15, 0.2) is 0 Å². The predicted octanol–water partition coefficient (Wildman–Crippen LogP) is 5.65. The van der Waals surface area contributed by atoms with Crippen molar-refractivity contribution in [2.45, 2.75) is 52.1 Å². The molecule has 11 heteroatoms. The van der Waals surface area contributed by atoms with Gasteiger partial charge in [0, 0.05) is 30.4 Å². The highest BCUT2D eigenvalue weighted by molar-refractivity contribution is 6.32. The monoisotopic (exact) mass is 559 g/mol. The highest BCUT2D eigenvalue weighted by Gasteiger charge is 2.25. The summed E-state index contributed by atoms with van der Waals surface area (Å²) in [7, 11) is 0. The zero-order chi connectivity index (χ0) is 26.4. The third-order valence-electron chi connectivity index (χ3n) is 7.04. The molecule has 0 unspecified atom stereocenters. The van der Waals surface area contributed by atoms with Crippen molar-refractivity contribution in [3.63, 3.8) is 0 Å². The van der Waals surface area contributed by atoms with Crippen molar-refractivity contribution in [1.29, 1.82) is 0 Å². The standard InChI is InChI=1S/C27H25Cl2F2N5O2/c1-15-6-23-25(10-32-15)36(11-18-3-5-37-18)26(33-23)13-35-4-2-16-7-20(29)27(34-24(16)12-35)38-14-19-21(30)8-17(28)9-22(19)31/h6-10,18H,2-5,11-14H2,1H3/t18-/m0/s1. The number of ether oxygens (including phenoxy) is 2. The average molecular weight is 560 g/mol. The topological polar surface area (TPSA) is 65.3 Å². The minimum absolute atomic E-state index is 0.0195. The Morgan fingerprint density at radius 1 is 1.13 bits per heavy atom. The largest absolute Gasteiger partial charge is 0.472 e. The lowest BCUT2D eigenvalue weighted by Gasteiger charge is -2.30. The van der Waals surface area contributed by atoms with Gasteiger partial charge < -0.3 is 14.0 Å². The molecule has 0 N–H and O–H groups in total. The van der Waals surface area contributed by atoms with Gasteiger partial charge in [0.1, 0.15) is 29.1 Å². The number of nitrogens with zero attached hydrogens (tertiary/aromatic N) is 5. The van der Waals surface area contributed by atoms with E-state index in [1.54, 1.807) is 0 Å². The van der Waals surface area contributed by atoms with Crippen LogP contribution in [0.3, 0.4) is 0 Å². The molecule has 198 valence electrons. The number of imidazole rings is 1. The lowest BCUT2D eigenvalue weighted by atomic mass is 10.1. The number of pyridine rings is 2. The Balaban J connectivity index is 1.21. The first-order chi connectivity index (χ1) is 18.3. The Kier molecular flexibility index (Phi) is 6.94. The van der Waals surface area contributed by atoms with Crippen molar-refractivity contribution in [2.75, 3.05) is 13.2 Å². The van der Waals surface area contributed by atoms with E-state index in [4.69, 9.17) is 37.7 Å². The first-order valence-electron chi connectivity index (χ1n) is 12.4. The average Bonchev–Trinajstić information content (AvgIpc) is 3.16. The van der Waals surface area contributed by atoms with Gasteiger partial charge in [0.2, 0.25) is 5.88 Å². The molecule has 38 heavy (non-hydrogen) atoms. The minimum Gasteiger partial charge on any atom is -0.472 e. The van der Waals surface area contributed by atoms with Crippen LogP contribution < -0.4 is 4.74 Å². The van der Waals surface area contributed by atoms with E-state index >= 15 is 0 Å². The first kappa shape index (κ1) is 25.4. The fourth-order valence-electron chi connectivity index (χ4n) is 4.89. The van der Waals surface area contributed by atoms with Gasteiger partial charge in [0.25, 0.3) is 0 Å². The van der Waals surface area contributed by atoms with Crippen LogP contribution in [0.5, 0.6) is 5.88 Å². The molecule has 3 aromatic heterocycles. The first-order valence-corrected chi connectivity index (χ1v) is 13.2. The molecule has 1 aromatic carbocycles. The molecule has 0 spiro atoms. The summed E-state index contributed by atoms with van der Waals surface area (Å²) in [6, 6.07) is 5.92. The van der Waals surface area contributed by atoms with E-state index in [0.717, 1.165) is 78.5 Å². The molecule has 0 bridgehead atoms. The van der Waals surface area contributed by atoms with Crippen LogP contribution in [0.25, 0.3) is 11.0 Å². The van der Waals surface area contributed by atoms with E-state index < -0.39 is 11.6 Å². The maximum Gasteiger partial charge on any atom is 0.233 e. The molecule has 4 aromatic rings. The van der Waals surface area contributed by atoms with Crippen molar-refractivity contribution < 1.29 is 18.3 Å². The molecule has 6 rings (SSSR count). The number of aromatic nitrogens is 4. The van der Waals surface area contributed by atoms with Gasteiger partial charge in [0.05, 0.1) is 47.7 Å². The van der Waals surface area contributed by atoms with Crippen molar-refractivity contribution in [3.8, 4) is 5.88 Å². The van der Waals surface area contributed by atoms with E-state index in [9.17, 15) is 8.78 Å². The summed E-state index contributed by atoms with van der Waals surface area (Å²) in [6.07, 6.45) is 3.86. The lowest BCUT2D eigenvalue weighted by Crippen LogP contribution is -2.34. The number of aryl methyl sites for hydroxylation is 1. The van der Waals surface area contributed by atoms with Gasteiger partial charge in [-0.15, -0.1) is 0 Å². The second-order valence-electron chi connectivity index (χ2n) is 9.71. The maximum absolute atomic E-state index is 14.2. The summed E-state index contributed by atoms with van der Waals surface area (Å²) in [5.41, 5.74) is 4.46. The maximum atomic E-state index is 14.2. The number of benzene rings is 1. The van der Waals surface area contributed by atoms with E-state index in [1.165, 1.54) is 0 Å². The fraction of sp³-hybridized carbons (Fsp3) is 0.370. The van der Waals surface area contributed by atoms with Crippen molar-refractivity contribution in [1.82, 2.24) is 24.4 Å². The second-order valence-corrected chi connectivity index (χ2v) is 10.6. The SMILES string of the molecule is Cc1cc2nc(CN3CCc4cc(Cl)c(OCc5c(F)cc(Cl)cc5F)nc4C3)n(C[C@@H]3CCO3)c2cn1. The van der Waals surface area contributed by atoms with Crippen LogP contribution in [-0.4, -0.2) is 43.7 Å². The highest BCUT2D eigenvalue weighted by atomic mass is 35.5. The van der Waals surface area contributed by atoms with Crippen LogP contribution in [-0.2, 0) is 37.4 Å². The summed E-state index contributed by atoms with van der Waals surface area (Å²) in [5, 5.41) is 0.283. The number of fused-ring (bicyclic) bond motifs is 2. The molecule has 1 atom stereocenters. The Labute approximate surface area is 228 Å². The lowest BCUT2D eigenvalue weighted by molar-refractivity contribution is -0.0592. The van der Waals surface area contributed by atoms with E-state index in [-0.39, 0.29) is 29.2 Å². The van der Waals surface area contributed by atoms with Crippen molar-refractivity contribution in [2.24, 2.45) is 0 Å². The molecule has 2 aliphatic rings. The number of hydrogen-bond acceptors (Lipinski definition) is 6. The Morgan fingerprint density at radius 3 is 2.66 bits per heavy atom. The molecule has 2 aliphatic heterocycles. The summed E-state index contributed by atoms with van der Waals surface area (Å²) in [6.45, 7) is 5.14. The van der Waals surface area contributed by atoms with Gasteiger partial charge >= 0.3 is 0 Å². The molecular weight excluding hydrogens is 535 g/mol. The molecule has 5 heterocycles. The Hall–Kier alpha value is -2.85. The van der Waals surface area contributed by atoms with Crippen molar-refractivity contribution in [3.05, 3.63) is 80.5 Å². The van der Waals surface area contributed by atoms with Crippen LogP contribution in [0.2, 0.25) is 10.0 Å². The second kappa shape index (κ2) is 10.4. The summed E-state index contributed by atoms with van der Waals surface area (Å²) >= 11 is 12.1. The van der Waals surface area contributed by atoms with E-state index in [1.807, 2.05) is 25.3 Å². The zero-order valence-corrected chi connectivity index (χ0v) is 22.2. The minimum atomic E-state index is -0.782. The Morgan fingerprint density at radius 2 is 1.92 bits per heavy atom.